The number of aryl methyl sites for hydroxylation is 1. The molecule has 1 rings (SSSR count). The maximum absolute atomic E-state index is 5.69. The maximum atomic E-state index is 5.69. The Hall–Kier alpha value is 0.140. The molecule has 2 N–H and O–H groups in total. The fraction of sp³-hybridized carbons (Fsp3) is 0.429. The molecule has 10 heavy (non-hydrogen) atoms. The molecule has 0 aliphatic heterocycles. The van der Waals surface area contributed by atoms with Crippen molar-refractivity contribution < 1.29 is 0 Å². The first kappa shape index (κ1) is 8.24. The standard InChI is InChI=1S/C7H10BrNS/c1-4-3-6(5(2)9)10-7(4)8/h3,5H,9H2,1-2H3/t5-/m0/s1. The van der Waals surface area contributed by atoms with Gasteiger partial charge in [-0.1, -0.05) is 0 Å². The summed E-state index contributed by atoms with van der Waals surface area (Å²) in [6.07, 6.45) is 0. The second kappa shape index (κ2) is 3.03. The number of thiophene rings is 1. The molecule has 1 aromatic rings. The Balaban J connectivity index is 2.98. The zero-order valence-corrected chi connectivity index (χ0v) is 8.42. The summed E-state index contributed by atoms with van der Waals surface area (Å²) in [7, 11) is 0. The minimum Gasteiger partial charge on any atom is -0.324 e. The quantitative estimate of drug-likeness (QED) is 0.773. The van der Waals surface area contributed by atoms with E-state index >= 15 is 0 Å². The number of hydrogen-bond acceptors (Lipinski definition) is 2. The highest BCUT2D eigenvalue weighted by Gasteiger charge is 2.05. The first-order valence-electron chi connectivity index (χ1n) is 3.12. The molecule has 3 heteroatoms. The first-order chi connectivity index (χ1) is 4.61. The van der Waals surface area contributed by atoms with E-state index < -0.39 is 0 Å². The normalized spacial score (nSPS) is 13.6. The molecular weight excluding hydrogens is 210 g/mol. The highest BCUT2D eigenvalue weighted by atomic mass is 79.9. The van der Waals surface area contributed by atoms with Gasteiger partial charge < -0.3 is 5.73 Å². The minimum absolute atomic E-state index is 0.162. The fourth-order valence-electron chi connectivity index (χ4n) is 0.708. The van der Waals surface area contributed by atoms with E-state index in [9.17, 15) is 0 Å². The van der Waals surface area contributed by atoms with E-state index in [1.807, 2.05) is 6.92 Å². The van der Waals surface area contributed by atoms with Crippen molar-refractivity contribution in [2.24, 2.45) is 5.73 Å². The van der Waals surface area contributed by atoms with E-state index in [0.29, 0.717) is 0 Å². The lowest BCUT2D eigenvalue weighted by atomic mass is 10.2. The Morgan fingerprint density at radius 3 is 2.50 bits per heavy atom. The summed E-state index contributed by atoms with van der Waals surface area (Å²) in [6.45, 7) is 4.07. The average Bonchev–Trinajstić information content (AvgIpc) is 2.13. The van der Waals surface area contributed by atoms with Crippen LogP contribution in [-0.2, 0) is 0 Å². The van der Waals surface area contributed by atoms with Gasteiger partial charge in [0.05, 0.1) is 3.79 Å². The molecule has 0 aromatic carbocycles. The van der Waals surface area contributed by atoms with Crippen molar-refractivity contribution in [1.29, 1.82) is 0 Å². The Bertz CT molecular complexity index is 210. The summed E-state index contributed by atoms with van der Waals surface area (Å²) in [6, 6.07) is 2.29. The summed E-state index contributed by atoms with van der Waals surface area (Å²) in [5, 5.41) is 0. The van der Waals surface area contributed by atoms with Crippen LogP contribution in [0.1, 0.15) is 23.4 Å². The predicted molar refractivity (Wildman–Crippen MR) is 49.4 cm³/mol. The molecule has 0 saturated carbocycles. The van der Waals surface area contributed by atoms with Gasteiger partial charge in [-0.25, -0.2) is 0 Å². The van der Waals surface area contributed by atoms with E-state index in [1.54, 1.807) is 11.3 Å². The van der Waals surface area contributed by atoms with Crippen molar-refractivity contribution in [2.75, 3.05) is 0 Å². The Kier molecular flexibility index (Phi) is 2.50. The first-order valence-corrected chi connectivity index (χ1v) is 4.73. The molecule has 1 aromatic heterocycles. The minimum atomic E-state index is 0.162. The molecule has 0 spiro atoms. The Morgan fingerprint density at radius 2 is 2.30 bits per heavy atom. The van der Waals surface area contributed by atoms with Crippen LogP contribution in [0.3, 0.4) is 0 Å². The van der Waals surface area contributed by atoms with Crippen LogP contribution in [-0.4, -0.2) is 0 Å². The summed E-state index contributed by atoms with van der Waals surface area (Å²) in [5.41, 5.74) is 6.96. The molecule has 0 amide bonds. The van der Waals surface area contributed by atoms with Gasteiger partial charge in [-0.3, -0.25) is 0 Å². The molecule has 0 radical (unpaired) electrons. The van der Waals surface area contributed by atoms with Crippen molar-refractivity contribution in [2.45, 2.75) is 19.9 Å². The van der Waals surface area contributed by atoms with Gasteiger partial charge >= 0.3 is 0 Å². The van der Waals surface area contributed by atoms with Crippen LogP contribution < -0.4 is 5.73 Å². The van der Waals surface area contributed by atoms with Gasteiger partial charge in [0, 0.05) is 10.9 Å². The number of hydrogen-bond donors (Lipinski definition) is 1. The summed E-state index contributed by atoms with van der Waals surface area (Å²) in [4.78, 5) is 1.24. The lowest BCUT2D eigenvalue weighted by Gasteiger charge is -1.96. The maximum Gasteiger partial charge on any atom is 0.0731 e. The van der Waals surface area contributed by atoms with Crippen LogP contribution in [0.4, 0.5) is 0 Å². The zero-order valence-electron chi connectivity index (χ0n) is 6.02. The molecule has 0 fully saturated rings. The number of rotatable bonds is 1. The molecule has 1 heterocycles. The molecule has 0 bridgehead atoms. The van der Waals surface area contributed by atoms with E-state index in [0.717, 1.165) is 0 Å². The van der Waals surface area contributed by atoms with Gasteiger partial charge in [0.2, 0.25) is 0 Å². The third kappa shape index (κ3) is 1.59. The second-order valence-electron chi connectivity index (χ2n) is 2.39. The summed E-state index contributed by atoms with van der Waals surface area (Å²) < 4.78 is 1.19. The highest BCUT2D eigenvalue weighted by Crippen LogP contribution is 2.30. The average molecular weight is 220 g/mol. The van der Waals surface area contributed by atoms with E-state index in [-0.39, 0.29) is 6.04 Å². The Morgan fingerprint density at radius 1 is 1.70 bits per heavy atom. The summed E-state index contributed by atoms with van der Waals surface area (Å²) >= 11 is 5.16. The molecule has 1 nitrogen and oxygen atoms in total. The fourth-order valence-corrected chi connectivity index (χ4v) is 2.23. The molecular formula is C7H10BrNS. The van der Waals surface area contributed by atoms with E-state index in [1.165, 1.54) is 14.2 Å². The second-order valence-corrected chi connectivity index (χ2v) is 4.80. The molecule has 1 atom stereocenters. The lowest BCUT2D eigenvalue weighted by molar-refractivity contribution is 0.838. The van der Waals surface area contributed by atoms with Crippen molar-refractivity contribution in [3.05, 3.63) is 20.3 Å². The smallest absolute Gasteiger partial charge is 0.0731 e. The van der Waals surface area contributed by atoms with Crippen LogP contribution in [0.25, 0.3) is 0 Å². The highest BCUT2D eigenvalue weighted by molar-refractivity contribution is 9.11. The van der Waals surface area contributed by atoms with Gasteiger partial charge in [0.25, 0.3) is 0 Å². The number of halogens is 1. The Labute approximate surface area is 73.4 Å². The monoisotopic (exact) mass is 219 g/mol. The third-order valence-electron chi connectivity index (χ3n) is 1.33. The molecule has 0 aliphatic rings. The van der Waals surface area contributed by atoms with Crippen LogP contribution in [0.2, 0.25) is 0 Å². The van der Waals surface area contributed by atoms with Crippen molar-refractivity contribution in [3.63, 3.8) is 0 Å². The lowest BCUT2D eigenvalue weighted by Crippen LogP contribution is -2.01. The number of nitrogens with two attached hydrogens (primary N) is 1. The van der Waals surface area contributed by atoms with Crippen LogP contribution in [0.5, 0.6) is 0 Å². The zero-order chi connectivity index (χ0) is 7.72. The van der Waals surface area contributed by atoms with Gasteiger partial charge in [-0.2, -0.15) is 0 Å². The molecule has 0 saturated heterocycles. The van der Waals surface area contributed by atoms with Gasteiger partial charge in [-0.15, -0.1) is 11.3 Å². The van der Waals surface area contributed by atoms with Gasteiger partial charge in [0.15, 0.2) is 0 Å². The van der Waals surface area contributed by atoms with Crippen molar-refractivity contribution in [3.8, 4) is 0 Å². The third-order valence-corrected chi connectivity index (χ3v) is 3.66. The van der Waals surface area contributed by atoms with Crippen molar-refractivity contribution in [1.82, 2.24) is 0 Å². The van der Waals surface area contributed by atoms with Crippen LogP contribution in [0.15, 0.2) is 9.85 Å². The summed E-state index contributed by atoms with van der Waals surface area (Å²) in [5.74, 6) is 0. The topological polar surface area (TPSA) is 26.0 Å². The van der Waals surface area contributed by atoms with Gasteiger partial charge in [-0.05, 0) is 41.4 Å². The molecule has 0 unspecified atom stereocenters. The van der Waals surface area contributed by atoms with E-state index in [2.05, 4.69) is 28.9 Å². The van der Waals surface area contributed by atoms with Gasteiger partial charge in [0.1, 0.15) is 0 Å². The van der Waals surface area contributed by atoms with Crippen LogP contribution in [0, 0.1) is 6.92 Å². The van der Waals surface area contributed by atoms with Crippen LogP contribution >= 0.6 is 27.3 Å². The largest absolute Gasteiger partial charge is 0.324 e. The SMILES string of the molecule is Cc1cc([C@H](C)N)sc1Br. The van der Waals surface area contributed by atoms with E-state index in [4.69, 9.17) is 5.73 Å². The predicted octanol–water partition coefficient (Wildman–Crippen LogP) is 2.84. The molecule has 56 valence electrons. The molecule has 0 aliphatic carbocycles. The van der Waals surface area contributed by atoms with Crippen molar-refractivity contribution >= 4 is 27.3 Å².